The van der Waals surface area contributed by atoms with Crippen LogP contribution in [0.3, 0.4) is 0 Å². The molecule has 0 radical (unpaired) electrons. The summed E-state index contributed by atoms with van der Waals surface area (Å²) in [5.41, 5.74) is 2.89. The van der Waals surface area contributed by atoms with Gasteiger partial charge in [-0.2, -0.15) is 0 Å². The van der Waals surface area contributed by atoms with Crippen LogP contribution in [0.25, 0.3) is 16.8 Å². The standard InChI is InChI=1S/C29H23NO4/c1-30-27(31)24-21-10-6-7-11-22(21)26-23(25(24)28(30)32)16-17-29(34-26,18-8-4-3-5-9-18)19-12-14-20(33-2)15-13-19/h3-17,28,32H,1-2H3. The fourth-order valence-electron chi connectivity index (χ4n) is 5.10. The molecule has 5 nitrogen and oxygen atoms in total. The van der Waals surface area contributed by atoms with Crippen molar-refractivity contribution in [3.05, 3.63) is 113 Å². The van der Waals surface area contributed by atoms with Crippen molar-refractivity contribution in [3.8, 4) is 11.5 Å². The molecule has 4 aromatic rings. The molecule has 2 unspecified atom stereocenters. The molecule has 0 saturated heterocycles. The minimum Gasteiger partial charge on any atom is -0.497 e. The molecular formula is C29H23NO4. The number of aliphatic hydroxyl groups excluding tert-OH is 1. The topological polar surface area (TPSA) is 59.0 Å². The zero-order valence-electron chi connectivity index (χ0n) is 18.9. The lowest BCUT2D eigenvalue weighted by Gasteiger charge is -2.37. The molecule has 4 aromatic carbocycles. The third kappa shape index (κ3) is 2.74. The Hall–Kier alpha value is -4.09. The summed E-state index contributed by atoms with van der Waals surface area (Å²) >= 11 is 0. The first-order chi connectivity index (χ1) is 16.5. The second kappa shape index (κ2) is 7.47. The van der Waals surface area contributed by atoms with Gasteiger partial charge in [0.2, 0.25) is 0 Å². The maximum Gasteiger partial charge on any atom is 0.256 e. The summed E-state index contributed by atoms with van der Waals surface area (Å²) in [7, 11) is 3.26. The highest BCUT2D eigenvalue weighted by Crippen LogP contribution is 2.50. The van der Waals surface area contributed by atoms with Crippen molar-refractivity contribution in [1.29, 1.82) is 0 Å². The molecule has 0 aliphatic carbocycles. The number of fused-ring (bicyclic) bond motifs is 6. The Morgan fingerprint density at radius 3 is 2.26 bits per heavy atom. The van der Waals surface area contributed by atoms with Crippen LogP contribution in [0.2, 0.25) is 0 Å². The van der Waals surface area contributed by atoms with Crippen molar-refractivity contribution in [1.82, 2.24) is 4.90 Å². The lowest BCUT2D eigenvalue weighted by Crippen LogP contribution is -2.34. The summed E-state index contributed by atoms with van der Waals surface area (Å²) in [6.07, 6.45) is 2.97. The number of benzene rings is 4. The third-order valence-corrected chi connectivity index (χ3v) is 6.87. The first-order valence-electron chi connectivity index (χ1n) is 11.2. The molecule has 2 aliphatic rings. The molecule has 2 atom stereocenters. The summed E-state index contributed by atoms with van der Waals surface area (Å²) in [6, 6.07) is 25.6. The van der Waals surface area contributed by atoms with Crippen molar-refractivity contribution < 1.29 is 19.4 Å². The van der Waals surface area contributed by atoms with Crippen LogP contribution in [0.4, 0.5) is 0 Å². The van der Waals surface area contributed by atoms with Gasteiger partial charge in [-0.05, 0) is 23.6 Å². The van der Waals surface area contributed by atoms with E-state index in [1.807, 2.05) is 91.0 Å². The van der Waals surface area contributed by atoms with Crippen LogP contribution in [0.5, 0.6) is 11.5 Å². The smallest absolute Gasteiger partial charge is 0.256 e. The summed E-state index contributed by atoms with van der Waals surface area (Å²) < 4.78 is 12.3. The molecule has 5 heteroatoms. The summed E-state index contributed by atoms with van der Waals surface area (Å²) in [6.45, 7) is 0. The van der Waals surface area contributed by atoms with E-state index in [2.05, 4.69) is 0 Å². The maximum atomic E-state index is 13.0. The van der Waals surface area contributed by atoms with Crippen LogP contribution >= 0.6 is 0 Å². The number of hydrogen-bond acceptors (Lipinski definition) is 4. The average molecular weight is 450 g/mol. The molecule has 168 valence electrons. The average Bonchev–Trinajstić information content (AvgIpc) is 3.13. The van der Waals surface area contributed by atoms with Crippen molar-refractivity contribution in [3.63, 3.8) is 0 Å². The highest BCUT2D eigenvalue weighted by atomic mass is 16.5. The maximum absolute atomic E-state index is 13.0. The number of ether oxygens (including phenoxy) is 2. The SMILES string of the molecule is COc1ccc(C2(c3ccccc3)C=Cc3c4c(c5ccccc5c3O2)C(=O)N(C)C4O)cc1. The lowest BCUT2D eigenvalue weighted by molar-refractivity contribution is 0.0299. The van der Waals surface area contributed by atoms with E-state index < -0.39 is 11.8 Å². The number of carbonyl (C=O) groups is 1. The van der Waals surface area contributed by atoms with Crippen LogP contribution in [0.1, 0.15) is 38.8 Å². The lowest BCUT2D eigenvalue weighted by atomic mass is 9.82. The Labute approximate surface area is 197 Å². The number of hydrogen-bond donors (Lipinski definition) is 1. The van der Waals surface area contributed by atoms with E-state index in [9.17, 15) is 9.90 Å². The zero-order valence-corrected chi connectivity index (χ0v) is 18.9. The van der Waals surface area contributed by atoms with Gasteiger partial charge >= 0.3 is 0 Å². The van der Waals surface area contributed by atoms with Gasteiger partial charge in [-0.15, -0.1) is 0 Å². The van der Waals surface area contributed by atoms with Gasteiger partial charge in [0.05, 0.1) is 12.7 Å². The molecular weight excluding hydrogens is 426 g/mol. The van der Waals surface area contributed by atoms with Gasteiger partial charge in [0.25, 0.3) is 5.91 Å². The Bertz CT molecular complexity index is 1460. The van der Waals surface area contributed by atoms with E-state index in [0.717, 1.165) is 33.2 Å². The molecule has 6 rings (SSSR count). The third-order valence-electron chi connectivity index (χ3n) is 6.87. The fourth-order valence-corrected chi connectivity index (χ4v) is 5.10. The number of aliphatic hydroxyl groups is 1. The monoisotopic (exact) mass is 449 g/mol. The molecule has 0 fully saturated rings. The van der Waals surface area contributed by atoms with Gasteiger partial charge in [-0.3, -0.25) is 4.79 Å². The Kier molecular flexibility index (Phi) is 4.51. The van der Waals surface area contributed by atoms with Crippen LogP contribution in [-0.2, 0) is 5.60 Å². The van der Waals surface area contributed by atoms with Gasteiger partial charge in [0, 0.05) is 34.7 Å². The molecule has 0 bridgehead atoms. The molecule has 34 heavy (non-hydrogen) atoms. The zero-order chi connectivity index (χ0) is 23.4. The molecule has 1 N–H and O–H groups in total. The minimum absolute atomic E-state index is 0.190. The number of methoxy groups -OCH3 is 1. The van der Waals surface area contributed by atoms with E-state index in [4.69, 9.17) is 9.47 Å². The highest BCUT2D eigenvalue weighted by molar-refractivity contribution is 6.14. The quantitative estimate of drug-likeness (QED) is 0.463. The predicted octanol–water partition coefficient (Wildman–Crippen LogP) is 5.27. The first kappa shape index (κ1) is 20.5. The van der Waals surface area contributed by atoms with Crippen LogP contribution < -0.4 is 9.47 Å². The number of amides is 1. The second-order valence-corrected chi connectivity index (χ2v) is 8.63. The van der Waals surface area contributed by atoms with E-state index in [1.54, 1.807) is 14.2 Å². The fraction of sp³-hybridized carbons (Fsp3) is 0.138. The molecule has 0 spiro atoms. The predicted molar refractivity (Wildman–Crippen MR) is 131 cm³/mol. The Morgan fingerprint density at radius 2 is 1.56 bits per heavy atom. The van der Waals surface area contributed by atoms with Gasteiger partial charge in [-0.1, -0.05) is 72.8 Å². The van der Waals surface area contributed by atoms with E-state index in [0.29, 0.717) is 16.9 Å². The Morgan fingerprint density at radius 1 is 0.912 bits per heavy atom. The molecule has 2 aliphatic heterocycles. The van der Waals surface area contributed by atoms with Crippen molar-refractivity contribution in [2.45, 2.75) is 11.8 Å². The number of carbonyl (C=O) groups excluding carboxylic acids is 1. The van der Waals surface area contributed by atoms with Crippen LogP contribution in [-0.4, -0.2) is 30.1 Å². The van der Waals surface area contributed by atoms with Gasteiger partial charge in [0.1, 0.15) is 11.5 Å². The molecule has 0 saturated carbocycles. The van der Waals surface area contributed by atoms with Gasteiger partial charge in [0.15, 0.2) is 11.8 Å². The molecule has 1 amide bonds. The van der Waals surface area contributed by atoms with Gasteiger partial charge < -0.3 is 19.5 Å². The molecule has 0 aromatic heterocycles. The van der Waals surface area contributed by atoms with Crippen LogP contribution in [0, 0.1) is 0 Å². The van der Waals surface area contributed by atoms with E-state index >= 15 is 0 Å². The largest absolute Gasteiger partial charge is 0.497 e. The molecule has 2 heterocycles. The van der Waals surface area contributed by atoms with Crippen molar-refractivity contribution in [2.75, 3.05) is 14.2 Å². The van der Waals surface area contributed by atoms with E-state index in [1.165, 1.54) is 4.90 Å². The summed E-state index contributed by atoms with van der Waals surface area (Å²) in [5, 5.41) is 12.6. The van der Waals surface area contributed by atoms with E-state index in [-0.39, 0.29) is 5.91 Å². The highest BCUT2D eigenvalue weighted by Gasteiger charge is 2.43. The number of rotatable bonds is 3. The first-order valence-corrected chi connectivity index (χ1v) is 11.2. The van der Waals surface area contributed by atoms with Crippen molar-refractivity contribution in [2.24, 2.45) is 0 Å². The minimum atomic E-state index is -1.03. The Balaban J connectivity index is 1.65. The second-order valence-electron chi connectivity index (χ2n) is 8.63. The van der Waals surface area contributed by atoms with Gasteiger partial charge in [-0.25, -0.2) is 0 Å². The van der Waals surface area contributed by atoms with Crippen molar-refractivity contribution >= 4 is 22.8 Å². The van der Waals surface area contributed by atoms with Crippen LogP contribution in [0.15, 0.2) is 84.9 Å². The summed E-state index contributed by atoms with van der Waals surface area (Å²) in [5.74, 6) is 1.23. The number of nitrogens with zero attached hydrogens (tertiary/aromatic N) is 1. The normalized spacial score (nSPS) is 20.7. The summed E-state index contributed by atoms with van der Waals surface area (Å²) in [4.78, 5) is 14.4.